The number of carbonyl (C=O) groups excluding carboxylic acids is 2. The van der Waals surface area contributed by atoms with Gasteiger partial charge in [-0.1, -0.05) is 6.08 Å². The Balaban J connectivity index is 0.00000163. The molecule has 0 atom stereocenters. The predicted octanol–water partition coefficient (Wildman–Crippen LogP) is 3.38. The molecule has 136 valence electrons. The Morgan fingerprint density at radius 3 is 1.88 bits per heavy atom. The molecule has 0 aromatic heterocycles. The summed E-state index contributed by atoms with van der Waals surface area (Å²) in [5.41, 5.74) is 2.49. The SMILES string of the molecule is C/C(=N\C(=O)N(C)C)C1=CCC(/C(C)=N/C(=O)N(C)C)=N1.[Cl][Fe][Cl]. The van der Waals surface area contributed by atoms with Gasteiger partial charge in [0.2, 0.25) is 0 Å². The Morgan fingerprint density at radius 2 is 1.46 bits per heavy atom. The average molecular weight is 418 g/mol. The van der Waals surface area contributed by atoms with E-state index in [0.717, 1.165) is 0 Å². The van der Waals surface area contributed by atoms with E-state index in [2.05, 4.69) is 15.0 Å². The van der Waals surface area contributed by atoms with Crippen molar-refractivity contribution in [2.24, 2.45) is 15.0 Å². The molecule has 0 radical (unpaired) electrons. The van der Waals surface area contributed by atoms with Crippen molar-refractivity contribution in [2.75, 3.05) is 28.2 Å². The van der Waals surface area contributed by atoms with E-state index in [0.29, 0.717) is 29.3 Å². The quantitative estimate of drug-likeness (QED) is 0.510. The van der Waals surface area contributed by atoms with E-state index in [4.69, 9.17) is 20.2 Å². The van der Waals surface area contributed by atoms with E-state index in [-0.39, 0.29) is 25.2 Å². The van der Waals surface area contributed by atoms with Crippen LogP contribution in [0, 0.1) is 0 Å². The zero-order chi connectivity index (χ0) is 18.9. The van der Waals surface area contributed by atoms with Crippen LogP contribution in [0.15, 0.2) is 26.8 Å². The van der Waals surface area contributed by atoms with Gasteiger partial charge in [0.25, 0.3) is 0 Å². The zero-order valence-corrected chi connectivity index (χ0v) is 17.1. The van der Waals surface area contributed by atoms with Crippen LogP contribution in [-0.2, 0) is 13.1 Å². The second kappa shape index (κ2) is 11.4. The number of allylic oxidation sites excluding steroid dienone is 2. The number of urea groups is 2. The van der Waals surface area contributed by atoms with Crippen molar-refractivity contribution in [3.8, 4) is 0 Å². The Hall–Kier alpha value is -1.21. The van der Waals surface area contributed by atoms with Gasteiger partial charge in [0, 0.05) is 34.6 Å². The summed E-state index contributed by atoms with van der Waals surface area (Å²) in [5, 5.41) is 0. The third-order valence-electron chi connectivity index (χ3n) is 2.82. The zero-order valence-electron chi connectivity index (χ0n) is 14.4. The fraction of sp³-hybridized carbons (Fsp3) is 0.500. The van der Waals surface area contributed by atoms with E-state index >= 15 is 0 Å². The summed E-state index contributed by atoms with van der Waals surface area (Å²) in [5.74, 6) is 0. The Bertz CT molecular complexity index is 598. The molecular weight excluding hydrogens is 397 g/mol. The van der Waals surface area contributed by atoms with Gasteiger partial charge in [0.15, 0.2) is 0 Å². The Morgan fingerprint density at radius 1 is 1.04 bits per heavy atom. The number of rotatable bonds is 2. The monoisotopic (exact) mass is 417 g/mol. The van der Waals surface area contributed by atoms with Crippen LogP contribution >= 0.6 is 20.2 Å². The van der Waals surface area contributed by atoms with E-state index in [1.165, 1.54) is 9.80 Å². The number of halogens is 2. The first-order chi connectivity index (χ1) is 11.1. The topological polar surface area (TPSA) is 77.7 Å². The second-order valence-electron chi connectivity index (χ2n) is 5.15. The first-order valence-corrected chi connectivity index (χ1v) is 9.84. The van der Waals surface area contributed by atoms with Gasteiger partial charge in [-0.15, -0.1) is 0 Å². The molecule has 0 aliphatic carbocycles. The summed E-state index contributed by atoms with van der Waals surface area (Å²) in [6.07, 6.45) is 2.45. The first-order valence-electron chi connectivity index (χ1n) is 6.80. The van der Waals surface area contributed by atoms with Crippen LogP contribution in [0.1, 0.15) is 20.3 Å². The number of hydrogen-bond donors (Lipinski definition) is 0. The van der Waals surface area contributed by atoms with Gasteiger partial charge in [-0.25, -0.2) is 14.6 Å². The predicted molar refractivity (Wildman–Crippen MR) is 96.2 cm³/mol. The molecule has 0 aromatic rings. The summed E-state index contributed by atoms with van der Waals surface area (Å²) in [6, 6.07) is -0.651. The molecule has 0 spiro atoms. The molecule has 0 unspecified atom stereocenters. The number of aliphatic imine (C=N–C) groups is 3. The summed E-state index contributed by atoms with van der Waals surface area (Å²) in [6.45, 7) is 3.48. The van der Waals surface area contributed by atoms with Crippen LogP contribution in [0.3, 0.4) is 0 Å². The fourth-order valence-electron chi connectivity index (χ4n) is 1.50. The third-order valence-corrected chi connectivity index (χ3v) is 2.82. The van der Waals surface area contributed by atoms with Crippen molar-refractivity contribution >= 4 is 49.4 Å². The molecule has 0 fully saturated rings. The van der Waals surface area contributed by atoms with Crippen LogP contribution in [0.5, 0.6) is 0 Å². The molecule has 0 N–H and O–H groups in total. The summed E-state index contributed by atoms with van der Waals surface area (Å²) < 4.78 is 0. The van der Waals surface area contributed by atoms with Crippen molar-refractivity contribution < 1.29 is 22.7 Å². The maximum atomic E-state index is 11.5. The minimum absolute atomic E-state index is 0.194. The van der Waals surface area contributed by atoms with Crippen molar-refractivity contribution in [3.05, 3.63) is 11.8 Å². The fourth-order valence-corrected chi connectivity index (χ4v) is 1.50. The number of nitrogens with zero attached hydrogens (tertiary/aromatic N) is 5. The van der Waals surface area contributed by atoms with E-state index < -0.39 is 0 Å². The molecule has 10 heteroatoms. The molecular formula is C14H21Cl2FeN5O2. The van der Waals surface area contributed by atoms with Gasteiger partial charge < -0.3 is 9.80 Å². The van der Waals surface area contributed by atoms with Gasteiger partial charge in [0.05, 0.1) is 22.8 Å². The standard InChI is InChI=1S/C14H21N5O2.2ClH.Fe/c1-9(15-13(20)18(3)4)11-7-8-12(17-11)10(2)16-14(21)19(5)6;;;/h7H,8H2,1-6H3;2*1H;/q;;;+2/p-2/b15-9+,16-10+;;;. The normalized spacial score (nSPS) is 14.5. The van der Waals surface area contributed by atoms with E-state index in [1.54, 1.807) is 42.0 Å². The summed E-state index contributed by atoms with van der Waals surface area (Å²) in [7, 11) is 16.1. The molecule has 1 aliphatic rings. The van der Waals surface area contributed by atoms with Gasteiger partial charge in [-0.3, -0.25) is 0 Å². The Kier molecular flexibility index (Phi) is 10.8. The number of carbonyl (C=O) groups is 2. The number of hydrogen-bond acceptors (Lipinski definition) is 3. The van der Waals surface area contributed by atoms with Crippen LogP contribution in [0.25, 0.3) is 0 Å². The molecule has 1 aliphatic heterocycles. The second-order valence-corrected chi connectivity index (χ2v) is 6.97. The van der Waals surface area contributed by atoms with Crippen LogP contribution < -0.4 is 0 Å². The summed E-state index contributed by atoms with van der Waals surface area (Å²) in [4.78, 5) is 38.2. The number of amides is 4. The molecule has 0 bridgehead atoms. The third kappa shape index (κ3) is 8.06. The van der Waals surface area contributed by atoms with Crippen molar-refractivity contribution in [1.82, 2.24) is 9.80 Å². The molecule has 1 heterocycles. The first kappa shape index (κ1) is 22.8. The van der Waals surface area contributed by atoms with Gasteiger partial charge in [-0.2, -0.15) is 9.98 Å². The molecule has 24 heavy (non-hydrogen) atoms. The van der Waals surface area contributed by atoms with Crippen molar-refractivity contribution in [2.45, 2.75) is 20.3 Å². The molecule has 0 aromatic carbocycles. The van der Waals surface area contributed by atoms with E-state index in [1.807, 2.05) is 6.08 Å². The van der Waals surface area contributed by atoms with Gasteiger partial charge in [0.1, 0.15) is 0 Å². The molecule has 0 saturated carbocycles. The average Bonchev–Trinajstić information content (AvgIpc) is 2.97. The van der Waals surface area contributed by atoms with Crippen LogP contribution in [0.4, 0.5) is 9.59 Å². The molecule has 7 nitrogen and oxygen atoms in total. The van der Waals surface area contributed by atoms with Crippen molar-refractivity contribution in [3.63, 3.8) is 0 Å². The van der Waals surface area contributed by atoms with Gasteiger partial charge >= 0.3 is 45.4 Å². The van der Waals surface area contributed by atoms with Gasteiger partial charge in [-0.05, 0) is 13.8 Å². The van der Waals surface area contributed by atoms with E-state index in [9.17, 15) is 9.59 Å². The van der Waals surface area contributed by atoms with Crippen LogP contribution in [-0.4, -0.2) is 67.2 Å². The molecule has 0 saturated heterocycles. The maximum absolute atomic E-state index is 11.5. The van der Waals surface area contributed by atoms with Crippen LogP contribution in [0.2, 0.25) is 0 Å². The minimum atomic E-state index is -0.328. The Labute approximate surface area is 157 Å². The van der Waals surface area contributed by atoms with Crippen molar-refractivity contribution in [1.29, 1.82) is 0 Å². The molecule has 1 rings (SSSR count). The summed E-state index contributed by atoms with van der Waals surface area (Å²) >= 11 is 0.194. The molecule has 4 amide bonds.